The van der Waals surface area contributed by atoms with Crippen LogP contribution < -0.4 is 0 Å². The largest absolute Gasteiger partial charge is 0.458 e. The summed E-state index contributed by atoms with van der Waals surface area (Å²) >= 11 is 11.1. The van der Waals surface area contributed by atoms with E-state index in [0.717, 1.165) is 0 Å². The van der Waals surface area contributed by atoms with Crippen molar-refractivity contribution in [3.8, 4) is 0 Å². The minimum absolute atomic E-state index is 0.00389. The van der Waals surface area contributed by atoms with E-state index >= 15 is 0 Å². The average molecular weight is 266 g/mol. The SMILES string of the molecule is CC(=O)OCc1nc(Cl)c([N+](=O)[O-])c(Cl)n1. The Hall–Kier alpha value is -1.47. The fourth-order valence-electron chi connectivity index (χ4n) is 0.824. The molecule has 0 N–H and O–H groups in total. The van der Waals surface area contributed by atoms with Crippen molar-refractivity contribution in [1.29, 1.82) is 0 Å². The van der Waals surface area contributed by atoms with E-state index in [9.17, 15) is 14.9 Å². The summed E-state index contributed by atoms with van der Waals surface area (Å²) in [5.41, 5.74) is -0.574. The molecular weight excluding hydrogens is 261 g/mol. The lowest BCUT2D eigenvalue weighted by molar-refractivity contribution is -0.385. The monoisotopic (exact) mass is 265 g/mol. The number of carbonyl (C=O) groups excluding carboxylic acids is 1. The average Bonchev–Trinajstić information content (AvgIpc) is 2.12. The molecule has 0 saturated heterocycles. The Morgan fingerprint density at radius 2 is 1.94 bits per heavy atom. The van der Waals surface area contributed by atoms with Crippen LogP contribution in [0.4, 0.5) is 5.69 Å². The lowest BCUT2D eigenvalue weighted by atomic mass is 10.5. The number of halogens is 2. The number of hydrogen-bond acceptors (Lipinski definition) is 6. The quantitative estimate of drug-likeness (QED) is 0.358. The van der Waals surface area contributed by atoms with E-state index in [4.69, 9.17) is 23.2 Å². The third-order valence-electron chi connectivity index (χ3n) is 1.43. The van der Waals surface area contributed by atoms with E-state index in [0.29, 0.717) is 0 Å². The molecule has 0 unspecified atom stereocenters. The Kier molecular flexibility index (Phi) is 3.97. The number of esters is 1. The zero-order valence-electron chi connectivity index (χ0n) is 7.94. The van der Waals surface area contributed by atoms with Gasteiger partial charge in [-0.05, 0) is 0 Å². The van der Waals surface area contributed by atoms with Crippen molar-refractivity contribution < 1.29 is 14.5 Å². The molecule has 0 saturated carbocycles. The zero-order valence-corrected chi connectivity index (χ0v) is 9.45. The summed E-state index contributed by atoms with van der Waals surface area (Å²) in [6, 6.07) is 0. The maximum atomic E-state index is 10.5. The molecule has 0 bridgehead atoms. The number of hydrogen-bond donors (Lipinski definition) is 0. The summed E-state index contributed by atoms with van der Waals surface area (Å²) in [6.45, 7) is 0.960. The summed E-state index contributed by atoms with van der Waals surface area (Å²) in [5, 5.41) is 9.70. The van der Waals surface area contributed by atoms with Crippen LogP contribution in [0.1, 0.15) is 12.7 Å². The molecular formula is C7H5Cl2N3O4. The Morgan fingerprint density at radius 3 is 2.31 bits per heavy atom. The number of carbonyl (C=O) groups is 1. The molecule has 0 spiro atoms. The number of rotatable bonds is 3. The van der Waals surface area contributed by atoms with Crippen molar-refractivity contribution in [2.24, 2.45) is 0 Å². The molecule has 0 amide bonds. The molecule has 16 heavy (non-hydrogen) atoms. The first-order chi connectivity index (χ1) is 7.41. The van der Waals surface area contributed by atoms with Gasteiger partial charge in [-0.25, -0.2) is 9.97 Å². The van der Waals surface area contributed by atoms with Crippen LogP contribution in [-0.2, 0) is 16.1 Å². The van der Waals surface area contributed by atoms with E-state index in [2.05, 4.69) is 14.7 Å². The number of ether oxygens (including phenoxy) is 1. The first-order valence-corrected chi connectivity index (χ1v) is 4.67. The van der Waals surface area contributed by atoms with Gasteiger partial charge >= 0.3 is 11.7 Å². The lowest BCUT2D eigenvalue weighted by Crippen LogP contribution is -2.05. The predicted molar refractivity (Wildman–Crippen MR) is 54.2 cm³/mol. The smallest absolute Gasteiger partial charge is 0.343 e. The first kappa shape index (κ1) is 12.6. The Balaban J connectivity index is 3.00. The molecule has 1 heterocycles. The molecule has 0 aromatic carbocycles. The van der Waals surface area contributed by atoms with Gasteiger partial charge in [-0.1, -0.05) is 23.2 Å². The van der Waals surface area contributed by atoms with Gasteiger partial charge in [-0.3, -0.25) is 14.9 Å². The molecule has 7 nitrogen and oxygen atoms in total. The van der Waals surface area contributed by atoms with Crippen LogP contribution in [0.3, 0.4) is 0 Å². The van der Waals surface area contributed by atoms with Crippen LogP contribution in [0.2, 0.25) is 10.3 Å². The molecule has 0 aliphatic heterocycles. The number of nitro groups is 1. The highest BCUT2D eigenvalue weighted by atomic mass is 35.5. The summed E-state index contributed by atoms with van der Waals surface area (Å²) in [5.74, 6) is -0.537. The van der Waals surface area contributed by atoms with Crippen LogP contribution in [0.15, 0.2) is 0 Å². The second-order valence-corrected chi connectivity index (χ2v) is 3.32. The third-order valence-corrected chi connectivity index (χ3v) is 1.96. The van der Waals surface area contributed by atoms with E-state index in [1.807, 2.05) is 0 Å². The Bertz CT molecular complexity index is 428. The van der Waals surface area contributed by atoms with Crippen molar-refractivity contribution in [3.63, 3.8) is 0 Å². The maximum absolute atomic E-state index is 10.5. The zero-order chi connectivity index (χ0) is 12.3. The third kappa shape index (κ3) is 3.01. The van der Waals surface area contributed by atoms with Crippen LogP contribution in [0, 0.1) is 10.1 Å². The first-order valence-electron chi connectivity index (χ1n) is 3.91. The van der Waals surface area contributed by atoms with Crippen molar-refractivity contribution in [3.05, 3.63) is 26.2 Å². The van der Waals surface area contributed by atoms with E-state index in [-0.39, 0.29) is 12.4 Å². The lowest BCUT2D eigenvalue weighted by Gasteiger charge is -2.02. The van der Waals surface area contributed by atoms with Gasteiger partial charge in [-0.2, -0.15) is 0 Å². The highest BCUT2D eigenvalue weighted by molar-refractivity contribution is 6.36. The van der Waals surface area contributed by atoms with Crippen LogP contribution in [-0.4, -0.2) is 20.9 Å². The summed E-state index contributed by atoms with van der Waals surface area (Å²) < 4.78 is 4.59. The van der Waals surface area contributed by atoms with Gasteiger partial charge in [0.05, 0.1) is 4.92 Å². The Labute approximate surface area is 99.5 Å². The molecule has 0 radical (unpaired) electrons. The second-order valence-electron chi connectivity index (χ2n) is 2.61. The molecule has 0 fully saturated rings. The molecule has 86 valence electrons. The van der Waals surface area contributed by atoms with E-state index in [1.54, 1.807) is 0 Å². The molecule has 0 atom stereocenters. The van der Waals surface area contributed by atoms with Crippen molar-refractivity contribution >= 4 is 34.9 Å². The molecule has 1 aromatic heterocycles. The molecule has 9 heteroatoms. The number of nitrogens with zero attached hydrogens (tertiary/aromatic N) is 3. The summed E-state index contributed by atoms with van der Waals surface area (Å²) in [4.78, 5) is 27.4. The second kappa shape index (κ2) is 5.04. The van der Waals surface area contributed by atoms with Crippen molar-refractivity contribution in [2.75, 3.05) is 0 Å². The Morgan fingerprint density at radius 1 is 1.44 bits per heavy atom. The van der Waals surface area contributed by atoms with Gasteiger partial charge < -0.3 is 4.74 Å². The van der Waals surface area contributed by atoms with Crippen LogP contribution >= 0.6 is 23.2 Å². The fourth-order valence-corrected chi connectivity index (χ4v) is 1.38. The van der Waals surface area contributed by atoms with Gasteiger partial charge in [0.15, 0.2) is 12.4 Å². The highest BCUT2D eigenvalue weighted by Crippen LogP contribution is 2.28. The molecule has 1 aromatic rings. The number of aromatic nitrogens is 2. The van der Waals surface area contributed by atoms with Crippen LogP contribution in [0.5, 0.6) is 0 Å². The topological polar surface area (TPSA) is 95.2 Å². The molecule has 0 aliphatic carbocycles. The van der Waals surface area contributed by atoms with E-state index < -0.39 is 26.9 Å². The van der Waals surface area contributed by atoms with Crippen LogP contribution in [0.25, 0.3) is 0 Å². The normalized spacial score (nSPS) is 9.94. The molecule has 1 rings (SSSR count). The summed E-state index contributed by atoms with van der Waals surface area (Å²) in [7, 11) is 0. The maximum Gasteiger partial charge on any atom is 0.343 e. The minimum atomic E-state index is -0.791. The van der Waals surface area contributed by atoms with E-state index in [1.165, 1.54) is 6.92 Å². The fraction of sp³-hybridized carbons (Fsp3) is 0.286. The standard InChI is InChI=1S/C7H5Cl2N3O4/c1-3(13)16-2-4-10-6(8)5(12(14)15)7(9)11-4/h2H2,1H3. The van der Waals surface area contributed by atoms with Gasteiger partial charge in [-0.15, -0.1) is 0 Å². The van der Waals surface area contributed by atoms with Crippen molar-refractivity contribution in [1.82, 2.24) is 9.97 Å². The summed E-state index contributed by atoms with van der Waals surface area (Å²) in [6.07, 6.45) is 0. The highest BCUT2D eigenvalue weighted by Gasteiger charge is 2.22. The molecule has 0 aliphatic rings. The van der Waals surface area contributed by atoms with Gasteiger partial charge in [0, 0.05) is 6.92 Å². The van der Waals surface area contributed by atoms with Gasteiger partial charge in [0.25, 0.3) is 0 Å². The van der Waals surface area contributed by atoms with Crippen molar-refractivity contribution in [2.45, 2.75) is 13.5 Å². The van der Waals surface area contributed by atoms with Gasteiger partial charge in [0.1, 0.15) is 0 Å². The van der Waals surface area contributed by atoms with Gasteiger partial charge in [0.2, 0.25) is 10.3 Å². The minimum Gasteiger partial charge on any atom is -0.458 e. The predicted octanol–water partition coefficient (Wildman–Crippen LogP) is 1.75.